The molecule has 1 amide bonds. The van der Waals surface area contributed by atoms with Crippen LogP contribution in [0.1, 0.15) is 25.7 Å². The number of aliphatic carboxylic acids is 1. The van der Waals surface area contributed by atoms with E-state index >= 15 is 0 Å². The summed E-state index contributed by atoms with van der Waals surface area (Å²) >= 11 is 0. The average molecular weight is 256 g/mol. The number of carboxylic acids is 1. The Bertz CT molecular complexity index is 315. The fraction of sp³-hybridized carbons (Fsp3) is 0.833. The van der Waals surface area contributed by atoms with Gasteiger partial charge in [-0.15, -0.1) is 0 Å². The van der Waals surface area contributed by atoms with Crippen LogP contribution >= 0.6 is 0 Å². The number of ether oxygens (including phenoxy) is 1. The first-order valence-corrected chi connectivity index (χ1v) is 6.50. The molecule has 2 N–H and O–H groups in total. The van der Waals surface area contributed by atoms with Crippen molar-refractivity contribution in [3.8, 4) is 0 Å². The summed E-state index contributed by atoms with van der Waals surface area (Å²) in [6.45, 7) is 2.84. The van der Waals surface area contributed by atoms with Crippen molar-refractivity contribution in [3.63, 3.8) is 0 Å². The van der Waals surface area contributed by atoms with Gasteiger partial charge >= 0.3 is 5.97 Å². The van der Waals surface area contributed by atoms with Gasteiger partial charge in [0.2, 0.25) is 5.91 Å². The molecular formula is C12H20N2O4. The number of nitrogens with one attached hydrogen (secondary N) is 1. The molecular weight excluding hydrogens is 236 g/mol. The number of carbonyl (C=O) groups is 2. The molecule has 0 aromatic rings. The van der Waals surface area contributed by atoms with Gasteiger partial charge in [0, 0.05) is 25.7 Å². The van der Waals surface area contributed by atoms with Gasteiger partial charge in [-0.05, 0) is 12.8 Å². The summed E-state index contributed by atoms with van der Waals surface area (Å²) in [4.78, 5) is 24.6. The molecule has 0 spiro atoms. The molecule has 6 nitrogen and oxygen atoms in total. The van der Waals surface area contributed by atoms with Crippen molar-refractivity contribution in [2.24, 2.45) is 0 Å². The van der Waals surface area contributed by atoms with Crippen LogP contribution in [0.4, 0.5) is 0 Å². The first-order chi connectivity index (χ1) is 8.66. The van der Waals surface area contributed by atoms with E-state index in [1.165, 1.54) is 0 Å². The number of amides is 1. The van der Waals surface area contributed by atoms with Crippen LogP contribution < -0.4 is 5.32 Å². The molecule has 0 aliphatic carbocycles. The molecule has 2 atom stereocenters. The Kier molecular flexibility index (Phi) is 4.54. The van der Waals surface area contributed by atoms with Crippen molar-refractivity contribution < 1.29 is 19.4 Å². The molecule has 102 valence electrons. The monoisotopic (exact) mass is 256 g/mol. The van der Waals surface area contributed by atoms with E-state index in [0.717, 1.165) is 19.4 Å². The number of hydrogen-bond donors (Lipinski definition) is 2. The summed E-state index contributed by atoms with van der Waals surface area (Å²) in [5.41, 5.74) is 0. The zero-order valence-corrected chi connectivity index (χ0v) is 10.4. The minimum Gasteiger partial charge on any atom is -0.481 e. The number of nitrogens with zero attached hydrogens (tertiary/aromatic N) is 1. The highest BCUT2D eigenvalue weighted by molar-refractivity contribution is 5.78. The van der Waals surface area contributed by atoms with E-state index in [0.29, 0.717) is 26.1 Å². The second-order valence-corrected chi connectivity index (χ2v) is 4.88. The molecule has 0 aromatic heterocycles. The van der Waals surface area contributed by atoms with Crippen LogP contribution in [0.25, 0.3) is 0 Å². The number of carbonyl (C=O) groups excluding carboxylic acids is 1. The SMILES string of the molecule is O=C(O)CC1CCCN1C(=O)CC1CNCCO1. The van der Waals surface area contributed by atoms with E-state index in [-0.39, 0.29) is 24.5 Å². The minimum atomic E-state index is -0.838. The lowest BCUT2D eigenvalue weighted by Crippen LogP contribution is -2.44. The minimum absolute atomic E-state index is 0.0208. The second kappa shape index (κ2) is 6.15. The van der Waals surface area contributed by atoms with E-state index < -0.39 is 5.97 Å². The normalized spacial score (nSPS) is 28.3. The van der Waals surface area contributed by atoms with Crippen molar-refractivity contribution >= 4 is 11.9 Å². The highest BCUT2D eigenvalue weighted by Crippen LogP contribution is 2.21. The van der Waals surface area contributed by atoms with Crippen LogP contribution in [-0.4, -0.2) is 60.3 Å². The van der Waals surface area contributed by atoms with Gasteiger partial charge in [0.1, 0.15) is 0 Å². The van der Waals surface area contributed by atoms with E-state index in [4.69, 9.17) is 9.84 Å². The third-order valence-corrected chi connectivity index (χ3v) is 3.51. The lowest BCUT2D eigenvalue weighted by atomic mass is 10.1. The van der Waals surface area contributed by atoms with E-state index in [1.54, 1.807) is 4.90 Å². The van der Waals surface area contributed by atoms with Gasteiger partial charge in [0.05, 0.1) is 25.6 Å². The largest absolute Gasteiger partial charge is 0.481 e. The molecule has 2 aliphatic heterocycles. The molecule has 2 heterocycles. The molecule has 2 aliphatic rings. The maximum absolute atomic E-state index is 12.1. The van der Waals surface area contributed by atoms with Gasteiger partial charge in [-0.2, -0.15) is 0 Å². The van der Waals surface area contributed by atoms with Gasteiger partial charge < -0.3 is 20.1 Å². The third kappa shape index (κ3) is 3.43. The highest BCUT2D eigenvalue weighted by Gasteiger charge is 2.31. The average Bonchev–Trinajstić information content (AvgIpc) is 2.77. The summed E-state index contributed by atoms with van der Waals surface area (Å²) in [5, 5.41) is 12.0. The Morgan fingerprint density at radius 3 is 2.89 bits per heavy atom. The van der Waals surface area contributed by atoms with Crippen molar-refractivity contribution in [2.75, 3.05) is 26.2 Å². The predicted octanol–water partition coefficient (Wildman–Crippen LogP) is -0.169. The molecule has 2 fully saturated rings. The van der Waals surface area contributed by atoms with Crippen molar-refractivity contribution in [1.29, 1.82) is 0 Å². The first-order valence-electron chi connectivity index (χ1n) is 6.50. The summed E-state index contributed by atoms with van der Waals surface area (Å²) in [6.07, 6.45) is 2.02. The van der Waals surface area contributed by atoms with Crippen LogP contribution in [-0.2, 0) is 14.3 Å². The lowest BCUT2D eigenvalue weighted by molar-refractivity contribution is -0.140. The Morgan fingerprint density at radius 2 is 2.22 bits per heavy atom. The van der Waals surface area contributed by atoms with Crippen molar-refractivity contribution in [3.05, 3.63) is 0 Å². The van der Waals surface area contributed by atoms with Crippen LogP contribution in [0.15, 0.2) is 0 Å². The van der Waals surface area contributed by atoms with Crippen molar-refractivity contribution in [2.45, 2.75) is 37.8 Å². The maximum atomic E-state index is 12.1. The van der Waals surface area contributed by atoms with Gasteiger partial charge in [-0.3, -0.25) is 9.59 Å². The lowest BCUT2D eigenvalue weighted by Gasteiger charge is -2.28. The summed E-state index contributed by atoms with van der Waals surface area (Å²) in [6, 6.07) is -0.133. The quantitative estimate of drug-likeness (QED) is 0.730. The molecule has 2 rings (SSSR count). The fourth-order valence-corrected chi connectivity index (χ4v) is 2.64. The van der Waals surface area contributed by atoms with Crippen LogP contribution in [0, 0.1) is 0 Å². The Morgan fingerprint density at radius 1 is 1.39 bits per heavy atom. The van der Waals surface area contributed by atoms with Crippen LogP contribution in [0.3, 0.4) is 0 Å². The Labute approximate surface area is 106 Å². The first kappa shape index (κ1) is 13.3. The molecule has 2 saturated heterocycles. The van der Waals surface area contributed by atoms with Crippen molar-refractivity contribution in [1.82, 2.24) is 10.2 Å². The topological polar surface area (TPSA) is 78.9 Å². The number of rotatable bonds is 4. The molecule has 0 saturated carbocycles. The fourth-order valence-electron chi connectivity index (χ4n) is 2.64. The highest BCUT2D eigenvalue weighted by atomic mass is 16.5. The Hall–Kier alpha value is -1.14. The molecule has 18 heavy (non-hydrogen) atoms. The number of carboxylic acid groups (broad SMARTS) is 1. The zero-order chi connectivity index (χ0) is 13.0. The smallest absolute Gasteiger partial charge is 0.305 e. The van der Waals surface area contributed by atoms with Gasteiger partial charge in [0.25, 0.3) is 0 Å². The summed E-state index contributed by atoms with van der Waals surface area (Å²) < 4.78 is 5.50. The number of hydrogen-bond acceptors (Lipinski definition) is 4. The zero-order valence-electron chi connectivity index (χ0n) is 10.4. The maximum Gasteiger partial charge on any atom is 0.305 e. The molecule has 0 radical (unpaired) electrons. The van der Waals surface area contributed by atoms with E-state index in [1.807, 2.05) is 0 Å². The van der Waals surface area contributed by atoms with E-state index in [2.05, 4.69) is 5.32 Å². The molecule has 6 heteroatoms. The molecule has 0 aromatic carbocycles. The van der Waals surface area contributed by atoms with Gasteiger partial charge in [0.15, 0.2) is 0 Å². The summed E-state index contributed by atoms with van der Waals surface area (Å²) in [5.74, 6) is -0.817. The standard InChI is InChI=1S/C12H20N2O4/c15-11(7-10-8-13-3-5-18-10)14-4-1-2-9(14)6-12(16)17/h9-10,13H,1-8H2,(H,16,17). The predicted molar refractivity (Wildman–Crippen MR) is 64.2 cm³/mol. The molecule has 2 unspecified atom stereocenters. The summed E-state index contributed by atoms with van der Waals surface area (Å²) in [7, 11) is 0. The number of morpholine rings is 1. The van der Waals surface area contributed by atoms with Gasteiger partial charge in [-0.1, -0.05) is 0 Å². The van der Waals surface area contributed by atoms with Crippen LogP contribution in [0.2, 0.25) is 0 Å². The third-order valence-electron chi connectivity index (χ3n) is 3.51. The van der Waals surface area contributed by atoms with E-state index in [9.17, 15) is 9.59 Å². The second-order valence-electron chi connectivity index (χ2n) is 4.88. The van der Waals surface area contributed by atoms with Gasteiger partial charge in [-0.25, -0.2) is 0 Å². The van der Waals surface area contributed by atoms with Crippen LogP contribution in [0.5, 0.6) is 0 Å². The number of likely N-dealkylation sites (tertiary alicyclic amines) is 1. The Balaban J connectivity index is 1.84. The molecule has 0 bridgehead atoms.